The molecule has 20 heavy (non-hydrogen) atoms. The van der Waals surface area contributed by atoms with Gasteiger partial charge in [0.1, 0.15) is 5.82 Å². The average molecular weight is 421 g/mol. The molecule has 1 N–H and O–H groups in total. The van der Waals surface area contributed by atoms with Gasteiger partial charge in [0.2, 0.25) is 0 Å². The van der Waals surface area contributed by atoms with Crippen LogP contribution in [0.3, 0.4) is 0 Å². The Morgan fingerprint density at radius 1 is 1.20 bits per heavy atom. The van der Waals surface area contributed by atoms with Gasteiger partial charge in [-0.2, -0.15) is 0 Å². The van der Waals surface area contributed by atoms with Gasteiger partial charge >= 0.3 is 0 Å². The van der Waals surface area contributed by atoms with Crippen LogP contribution in [-0.2, 0) is 6.54 Å². The Hall–Kier alpha value is -0.910. The first-order valence-electron chi connectivity index (χ1n) is 5.64. The Bertz CT molecular complexity index is 664. The van der Waals surface area contributed by atoms with E-state index in [9.17, 15) is 9.18 Å². The molecule has 0 radical (unpaired) electrons. The van der Waals surface area contributed by atoms with Gasteiger partial charge in [0.15, 0.2) is 0 Å². The van der Waals surface area contributed by atoms with Crippen LogP contribution in [0.1, 0.15) is 15.9 Å². The number of halogens is 4. The molecule has 0 atom stereocenters. The normalized spacial score (nSPS) is 10.4. The summed E-state index contributed by atoms with van der Waals surface area (Å²) < 4.78 is 14.9. The highest BCUT2D eigenvalue weighted by molar-refractivity contribution is 9.10. The molecule has 0 spiro atoms. The molecular weight excluding hydrogens is 412 g/mol. The molecule has 0 heterocycles. The number of rotatable bonds is 3. The maximum atomic E-state index is 13.6. The monoisotopic (exact) mass is 419 g/mol. The van der Waals surface area contributed by atoms with E-state index in [4.69, 9.17) is 11.6 Å². The first-order chi connectivity index (χ1) is 9.47. The van der Waals surface area contributed by atoms with Crippen molar-refractivity contribution in [3.63, 3.8) is 0 Å². The van der Waals surface area contributed by atoms with Crippen molar-refractivity contribution in [1.82, 2.24) is 5.32 Å². The van der Waals surface area contributed by atoms with Crippen LogP contribution in [0.4, 0.5) is 4.39 Å². The standard InChI is InChI=1S/C14H9Br2ClFNO/c15-9-1-4-13(18)8(5-9)7-19-14(20)11-3-2-10(17)6-12(11)16/h1-6H,7H2,(H,19,20). The van der Waals surface area contributed by atoms with Crippen molar-refractivity contribution in [2.24, 2.45) is 0 Å². The molecule has 0 aliphatic rings. The zero-order chi connectivity index (χ0) is 14.7. The Balaban J connectivity index is 2.10. The molecule has 0 aliphatic carbocycles. The Kier molecular flexibility index (Phi) is 5.18. The SMILES string of the molecule is O=C(NCc1cc(Br)ccc1F)c1ccc(Cl)cc1Br. The van der Waals surface area contributed by atoms with Gasteiger partial charge in [0.25, 0.3) is 5.91 Å². The topological polar surface area (TPSA) is 29.1 Å². The summed E-state index contributed by atoms with van der Waals surface area (Å²) in [5, 5.41) is 3.20. The molecule has 2 nitrogen and oxygen atoms in total. The van der Waals surface area contributed by atoms with E-state index in [0.29, 0.717) is 20.6 Å². The summed E-state index contributed by atoms with van der Waals surface area (Å²) in [6.45, 7) is 0.110. The van der Waals surface area contributed by atoms with E-state index in [1.54, 1.807) is 30.3 Å². The molecule has 2 rings (SSSR count). The molecule has 0 bridgehead atoms. The largest absolute Gasteiger partial charge is 0.348 e. The number of carbonyl (C=O) groups excluding carboxylic acids is 1. The fraction of sp³-hybridized carbons (Fsp3) is 0.0714. The van der Waals surface area contributed by atoms with Crippen molar-refractivity contribution >= 4 is 49.4 Å². The maximum Gasteiger partial charge on any atom is 0.252 e. The number of benzene rings is 2. The number of amides is 1. The minimum absolute atomic E-state index is 0.110. The molecule has 2 aromatic rings. The molecule has 0 fully saturated rings. The van der Waals surface area contributed by atoms with E-state index in [0.717, 1.165) is 4.47 Å². The zero-order valence-electron chi connectivity index (χ0n) is 10.1. The molecular formula is C14H9Br2ClFNO. The Morgan fingerprint density at radius 2 is 1.95 bits per heavy atom. The van der Waals surface area contributed by atoms with Crippen LogP contribution in [0, 0.1) is 5.82 Å². The van der Waals surface area contributed by atoms with Gasteiger partial charge in [-0.15, -0.1) is 0 Å². The second-order valence-corrected chi connectivity index (χ2v) is 6.25. The van der Waals surface area contributed by atoms with Crippen LogP contribution in [0.15, 0.2) is 45.3 Å². The highest BCUT2D eigenvalue weighted by Crippen LogP contribution is 2.22. The van der Waals surface area contributed by atoms with E-state index < -0.39 is 0 Å². The number of nitrogens with one attached hydrogen (secondary N) is 1. The Labute approximate surface area is 137 Å². The zero-order valence-corrected chi connectivity index (χ0v) is 14.0. The summed E-state index contributed by atoms with van der Waals surface area (Å²) in [4.78, 5) is 12.0. The molecule has 0 aromatic heterocycles. The molecule has 6 heteroatoms. The van der Waals surface area contributed by atoms with E-state index in [2.05, 4.69) is 37.2 Å². The lowest BCUT2D eigenvalue weighted by atomic mass is 10.2. The van der Waals surface area contributed by atoms with E-state index in [1.807, 2.05) is 0 Å². The minimum atomic E-state index is -0.358. The lowest BCUT2D eigenvalue weighted by molar-refractivity contribution is 0.0950. The van der Waals surface area contributed by atoms with Crippen molar-refractivity contribution in [3.05, 3.63) is 67.3 Å². The van der Waals surface area contributed by atoms with Crippen molar-refractivity contribution in [3.8, 4) is 0 Å². The predicted molar refractivity (Wildman–Crippen MR) is 84.4 cm³/mol. The first kappa shape index (κ1) is 15.5. The third-order valence-electron chi connectivity index (χ3n) is 2.62. The van der Waals surface area contributed by atoms with Crippen molar-refractivity contribution in [2.75, 3.05) is 0 Å². The summed E-state index contributed by atoms with van der Waals surface area (Å²) >= 11 is 12.4. The van der Waals surface area contributed by atoms with E-state index in [1.165, 1.54) is 6.07 Å². The molecule has 1 amide bonds. The lowest BCUT2D eigenvalue weighted by Crippen LogP contribution is -2.23. The van der Waals surface area contributed by atoms with Crippen LogP contribution < -0.4 is 5.32 Å². The molecule has 104 valence electrons. The van der Waals surface area contributed by atoms with Gasteiger partial charge in [-0.3, -0.25) is 4.79 Å². The predicted octanol–water partition coefficient (Wildman–Crippen LogP) is 4.93. The smallest absolute Gasteiger partial charge is 0.252 e. The molecule has 0 unspecified atom stereocenters. The second kappa shape index (κ2) is 6.70. The molecule has 2 aromatic carbocycles. The third kappa shape index (κ3) is 3.81. The minimum Gasteiger partial charge on any atom is -0.348 e. The quantitative estimate of drug-likeness (QED) is 0.748. The summed E-state index contributed by atoms with van der Waals surface area (Å²) in [7, 11) is 0. The third-order valence-corrected chi connectivity index (χ3v) is 4.01. The van der Waals surface area contributed by atoms with E-state index in [-0.39, 0.29) is 18.3 Å². The average Bonchev–Trinajstić information content (AvgIpc) is 2.39. The second-order valence-electron chi connectivity index (χ2n) is 4.04. The first-order valence-corrected chi connectivity index (χ1v) is 7.61. The lowest BCUT2D eigenvalue weighted by Gasteiger charge is -2.08. The fourth-order valence-corrected chi connectivity index (χ4v) is 2.89. The summed E-state index contributed by atoms with van der Waals surface area (Å²) in [5.74, 6) is -0.656. The fourth-order valence-electron chi connectivity index (χ4n) is 1.62. The molecule has 0 aliphatic heterocycles. The molecule has 0 saturated carbocycles. The van der Waals surface area contributed by atoms with Gasteiger partial charge in [0, 0.05) is 26.1 Å². The number of hydrogen-bond donors (Lipinski definition) is 1. The van der Waals surface area contributed by atoms with Crippen LogP contribution in [-0.4, -0.2) is 5.91 Å². The maximum absolute atomic E-state index is 13.6. The van der Waals surface area contributed by atoms with Crippen LogP contribution in [0.2, 0.25) is 5.02 Å². The Morgan fingerprint density at radius 3 is 2.65 bits per heavy atom. The van der Waals surface area contributed by atoms with Gasteiger partial charge in [-0.1, -0.05) is 27.5 Å². The van der Waals surface area contributed by atoms with Crippen LogP contribution in [0.25, 0.3) is 0 Å². The number of hydrogen-bond acceptors (Lipinski definition) is 1. The summed E-state index contributed by atoms with van der Waals surface area (Å²) in [6, 6.07) is 9.46. The van der Waals surface area contributed by atoms with Gasteiger partial charge < -0.3 is 5.32 Å². The van der Waals surface area contributed by atoms with Crippen molar-refractivity contribution in [2.45, 2.75) is 6.54 Å². The van der Waals surface area contributed by atoms with Crippen LogP contribution in [0.5, 0.6) is 0 Å². The van der Waals surface area contributed by atoms with Crippen molar-refractivity contribution < 1.29 is 9.18 Å². The highest BCUT2D eigenvalue weighted by Gasteiger charge is 2.11. The summed E-state index contributed by atoms with van der Waals surface area (Å²) in [5.41, 5.74) is 0.864. The van der Waals surface area contributed by atoms with Crippen LogP contribution >= 0.6 is 43.5 Å². The van der Waals surface area contributed by atoms with Crippen molar-refractivity contribution in [1.29, 1.82) is 0 Å². The van der Waals surface area contributed by atoms with Gasteiger partial charge in [0.05, 0.1) is 5.56 Å². The molecule has 0 saturated heterocycles. The highest BCUT2D eigenvalue weighted by atomic mass is 79.9. The number of carbonyl (C=O) groups is 1. The van der Waals surface area contributed by atoms with Gasteiger partial charge in [-0.05, 0) is 52.3 Å². The van der Waals surface area contributed by atoms with Gasteiger partial charge in [-0.25, -0.2) is 4.39 Å². The summed E-state index contributed by atoms with van der Waals surface area (Å²) in [6.07, 6.45) is 0. The van der Waals surface area contributed by atoms with E-state index >= 15 is 0 Å².